The topological polar surface area (TPSA) is 205 Å². The van der Waals surface area contributed by atoms with Crippen molar-refractivity contribution in [2.75, 3.05) is 36.8 Å². The molecule has 12 rings (SSSR count). The predicted octanol–water partition coefficient (Wildman–Crippen LogP) is 11.5. The van der Waals surface area contributed by atoms with Crippen molar-refractivity contribution in [3.63, 3.8) is 0 Å². The molecule has 458 valence electrons. The van der Waals surface area contributed by atoms with Crippen LogP contribution in [0.25, 0.3) is 44.3 Å². The average molecular weight is 1200 g/mol. The molecule has 0 aliphatic carbocycles. The first-order chi connectivity index (χ1) is 43.0. The molecule has 4 saturated heterocycles. The van der Waals surface area contributed by atoms with Gasteiger partial charge in [0.2, 0.25) is 35.4 Å². The fourth-order valence-corrected chi connectivity index (χ4v) is 13.3. The summed E-state index contributed by atoms with van der Waals surface area (Å²) in [5.74, 6) is -1.62. The third-order valence-electron chi connectivity index (χ3n) is 18.2. The maximum absolute atomic E-state index is 15.7. The molecule has 6 heterocycles. The number of hydrogen-bond acceptors (Lipinski definition) is 8. The minimum atomic E-state index is -0.482. The lowest BCUT2D eigenvalue weighted by Gasteiger charge is -2.27. The van der Waals surface area contributed by atoms with Crippen molar-refractivity contribution in [3.05, 3.63) is 180 Å². The van der Waals surface area contributed by atoms with Crippen molar-refractivity contribution >= 4 is 80.2 Å². The third kappa shape index (κ3) is 13.5. The smallest absolute Gasteiger partial charge is 0.247 e. The van der Waals surface area contributed by atoms with Crippen LogP contribution in [-0.2, 0) is 51.2 Å². The molecular formula is C72H75FN8O8. The number of H-pyrrole nitrogens is 2. The van der Waals surface area contributed by atoms with Crippen LogP contribution in [0.1, 0.15) is 113 Å². The summed E-state index contributed by atoms with van der Waals surface area (Å²) in [6, 6.07) is 45.4. The van der Waals surface area contributed by atoms with E-state index in [0.29, 0.717) is 91.0 Å². The molecule has 4 N–H and O–H groups in total. The predicted molar refractivity (Wildman–Crippen MR) is 342 cm³/mol. The highest BCUT2D eigenvalue weighted by atomic mass is 19.1. The second-order valence-electron chi connectivity index (χ2n) is 24.1. The molecule has 89 heavy (non-hydrogen) atoms. The molecule has 0 spiro atoms. The summed E-state index contributed by atoms with van der Waals surface area (Å²) in [7, 11) is 0. The number of carbonyl (C=O) groups is 8. The molecule has 0 unspecified atom stereocenters. The highest BCUT2D eigenvalue weighted by Gasteiger charge is 2.38. The first kappa shape index (κ1) is 61.1. The average Bonchev–Trinajstić information content (AvgIpc) is 1.95. The number of likely N-dealkylation sites (tertiary alicyclic amines) is 4. The highest BCUT2D eigenvalue weighted by molar-refractivity contribution is 6.00. The van der Waals surface area contributed by atoms with Gasteiger partial charge in [0.1, 0.15) is 12.1 Å². The number of carbonyl (C=O) groups excluding carboxylic acids is 8. The van der Waals surface area contributed by atoms with E-state index in [-0.39, 0.29) is 77.7 Å². The third-order valence-corrected chi connectivity index (χ3v) is 18.2. The van der Waals surface area contributed by atoms with Gasteiger partial charge in [0, 0.05) is 97.3 Å². The van der Waals surface area contributed by atoms with Crippen LogP contribution in [0.5, 0.6) is 0 Å². The van der Waals surface area contributed by atoms with Crippen molar-refractivity contribution in [1.82, 2.24) is 29.6 Å². The fourth-order valence-electron chi connectivity index (χ4n) is 13.3. The zero-order valence-electron chi connectivity index (χ0n) is 50.7. The summed E-state index contributed by atoms with van der Waals surface area (Å²) in [5.41, 5.74) is 9.15. The summed E-state index contributed by atoms with van der Waals surface area (Å²) in [5, 5.41) is 7.21. The largest absolute Gasteiger partial charge is 0.355 e. The number of fused-ring (bicyclic) bond motifs is 2. The minimum absolute atomic E-state index is 0.0138. The van der Waals surface area contributed by atoms with Crippen LogP contribution in [0.3, 0.4) is 0 Å². The van der Waals surface area contributed by atoms with E-state index >= 15 is 4.39 Å². The molecule has 2 aromatic heterocycles. The minimum Gasteiger partial charge on any atom is -0.355 e. The Morgan fingerprint density at radius 2 is 0.910 bits per heavy atom. The summed E-state index contributed by atoms with van der Waals surface area (Å²) in [6.07, 6.45) is 6.26. The molecule has 0 bridgehead atoms. The van der Waals surface area contributed by atoms with Crippen LogP contribution < -0.4 is 10.6 Å². The van der Waals surface area contributed by atoms with Crippen LogP contribution in [0, 0.1) is 5.82 Å². The van der Waals surface area contributed by atoms with Gasteiger partial charge in [0.15, 0.2) is 17.4 Å². The number of halogens is 1. The number of hydrogen-bond donors (Lipinski definition) is 4. The van der Waals surface area contributed by atoms with Gasteiger partial charge >= 0.3 is 0 Å². The molecule has 4 fully saturated rings. The monoisotopic (exact) mass is 1200 g/mol. The quantitative estimate of drug-likeness (QED) is 0.0731. The Hall–Kier alpha value is -9.51. The molecule has 4 aliphatic rings. The normalized spacial score (nSPS) is 18.8. The molecule has 6 atom stereocenters. The van der Waals surface area contributed by atoms with E-state index in [2.05, 4.69) is 26.7 Å². The van der Waals surface area contributed by atoms with Gasteiger partial charge in [-0.2, -0.15) is 0 Å². The number of ketones is 2. The number of nitrogens with zero attached hydrogens (tertiary/aromatic N) is 4. The lowest BCUT2D eigenvalue weighted by molar-refractivity contribution is -0.138. The van der Waals surface area contributed by atoms with Gasteiger partial charge in [-0.1, -0.05) is 97.1 Å². The number of Topliss-reactive ketones (excluding diaryl/α,β-unsaturated/α-hetero) is 2. The van der Waals surface area contributed by atoms with E-state index < -0.39 is 23.9 Å². The van der Waals surface area contributed by atoms with Gasteiger partial charge in [-0.05, 0) is 148 Å². The van der Waals surface area contributed by atoms with Gasteiger partial charge in [-0.25, -0.2) is 4.39 Å². The van der Waals surface area contributed by atoms with Gasteiger partial charge in [-0.15, -0.1) is 0 Å². The Morgan fingerprint density at radius 3 is 1.38 bits per heavy atom. The first-order valence-electron chi connectivity index (χ1n) is 31.0. The van der Waals surface area contributed by atoms with E-state index in [1.807, 2.05) is 123 Å². The molecule has 4 aliphatic heterocycles. The number of benzene rings is 6. The Kier molecular flexibility index (Phi) is 18.4. The van der Waals surface area contributed by atoms with Crippen LogP contribution in [-0.4, -0.2) is 127 Å². The van der Waals surface area contributed by atoms with E-state index in [1.165, 1.54) is 13.8 Å². The Balaban J connectivity index is 0.000000184. The summed E-state index contributed by atoms with van der Waals surface area (Å²) < 4.78 is 15.7. The van der Waals surface area contributed by atoms with Crippen LogP contribution >= 0.6 is 0 Å². The molecule has 0 radical (unpaired) electrons. The number of rotatable bonds is 16. The zero-order chi connectivity index (χ0) is 62.5. The maximum atomic E-state index is 15.7. The molecular weight excluding hydrogens is 1120 g/mol. The standard InChI is InChI=1S/C36H37FN4O4.C36H38N4O4/c1-22(25-8-4-3-5-9-25)36(45)41-19-6-10-30(41)32(43)21-24-12-17-29-28(20-24)33(37)34(39-29)26-13-15-27(16-14-26)38-35(44)31-11-7-18-40(31)23(2)42;1-23(26-8-4-3-5-9-26)36(44)40-19-6-10-32(40)34(42)21-25-12-17-30-28(20-25)22-31(38-30)27-13-15-29(16-14-27)37-35(43)33-11-7-18-39(33)24(2)41/h3-5,8-9,12-17,20,22,30-31,39H,6-7,10-11,18-19,21H2,1-2H3,(H,38,44);3-5,8-9,12-17,20,22-23,32-33,38H,6-7,10-11,18-19,21H2,1-2H3,(H,37,43)/t22-,30+,31+;23-,32+,33+/m11/s1. The van der Waals surface area contributed by atoms with Crippen LogP contribution in [0.2, 0.25) is 0 Å². The second-order valence-corrected chi connectivity index (χ2v) is 24.1. The molecule has 8 aromatic rings. The molecule has 16 nitrogen and oxygen atoms in total. The molecule has 0 saturated carbocycles. The molecule has 6 aromatic carbocycles. The fraction of sp³-hybridized carbons (Fsp3) is 0.333. The lowest BCUT2D eigenvalue weighted by atomic mass is 9.97. The van der Waals surface area contributed by atoms with Crippen molar-refractivity contribution < 1.29 is 42.7 Å². The number of aromatic amines is 2. The van der Waals surface area contributed by atoms with Gasteiger partial charge in [-0.3, -0.25) is 38.4 Å². The second kappa shape index (κ2) is 26.8. The van der Waals surface area contributed by atoms with E-state index in [4.69, 9.17) is 0 Å². The van der Waals surface area contributed by atoms with Crippen LogP contribution in [0.15, 0.2) is 152 Å². The number of amides is 6. The Labute approximate surface area is 517 Å². The molecule has 6 amide bonds. The van der Waals surface area contributed by atoms with Crippen molar-refractivity contribution in [3.8, 4) is 22.5 Å². The SMILES string of the molecule is CC(=O)N1CCC[C@H]1C(=O)Nc1ccc(-c2[nH]c3ccc(CC(=O)[C@@H]4CCCN4C(=O)[C@H](C)c4ccccc4)cc3c2F)cc1.CC(=O)N1CCC[C@H]1C(=O)Nc1ccc(-c2cc3cc(CC(=O)[C@@H]4CCCN4C(=O)[C@H](C)c4ccccc4)ccc3[nH]2)cc1. The maximum Gasteiger partial charge on any atom is 0.247 e. The van der Waals surface area contributed by atoms with Crippen LogP contribution in [0.4, 0.5) is 15.8 Å². The lowest BCUT2D eigenvalue weighted by Crippen LogP contribution is -2.43. The highest BCUT2D eigenvalue weighted by Crippen LogP contribution is 2.34. The van der Waals surface area contributed by atoms with Crippen molar-refractivity contribution in [1.29, 1.82) is 0 Å². The number of anilines is 2. The summed E-state index contributed by atoms with van der Waals surface area (Å²) >= 11 is 0. The zero-order valence-corrected chi connectivity index (χ0v) is 50.7. The van der Waals surface area contributed by atoms with Gasteiger partial charge in [0.05, 0.1) is 29.6 Å². The number of nitrogens with one attached hydrogen (secondary N) is 4. The van der Waals surface area contributed by atoms with E-state index in [0.717, 1.165) is 64.5 Å². The molecule has 17 heteroatoms. The van der Waals surface area contributed by atoms with E-state index in [9.17, 15) is 38.4 Å². The summed E-state index contributed by atoms with van der Waals surface area (Å²) in [6.45, 7) is 9.13. The first-order valence-corrected chi connectivity index (χ1v) is 31.0. The number of aromatic nitrogens is 2. The van der Waals surface area contributed by atoms with Gasteiger partial charge in [0.25, 0.3) is 0 Å². The van der Waals surface area contributed by atoms with Gasteiger partial charge < -0.3 is 40.2 Å². The summed E-state index contributed by atoms with van der Waals surface area (Å²) in [4.78, 5) is 116. The van der Waals surface area contributed by atoms with E-state index in [1.54, 1.807) is 56.0 Å². The van der Waals surface area contributed by atoms with Crippen molar-refractivity contribution in [2.24, 2.45) is 0 Å². The Morgan fingerprint density at radius 1 is 0.483 bits per heavy atom. The van der Waals surface area contributed by atoms with Crippen molar-refractivity contribution in [2.45, 2.75) is 128 Å². The Bertz CT molecular complexity index is 3960.